The number of benzene rings is 9. The lowest BCUT2D eigenvalue weighted by Crippen LogP contribution is -2.04. The fraction of sp³-hybridized carbons (Fsp3) is 0. The van der Waals surface area contributed by atoms with Gasteiger partial charge in [-0.2, -0.15) is 0 Å². The van der Waals surface area contributed by atoms with Crippen LogP contribution in [0.4, 0.5) is 0 Å². The van der Waals surface area contributed by atoms with Gasteiger partial charge >= 0.3 is 0 Å². The van der Waals surface area contributed by atoms with Crippen molar-refractivity contribution in [2.45, 2.75) is 0 Å². The molecule has 9 aromatic carbocycles. The topological polar surface area (TPSA) is 48.8 Å². The highest BCUT2D eigenvalue weighted by molar-refractivity contribution is 6.31. The molecular weight excluding hydrogens is 721 g/mol. The minimum atomic E-state index is 0.624. The Morgan fingerprint density at radius 2 is 1.05 bits per heavy atom. The van der Waals surface area contributed by atoms with Crippen LogP contribution < -0.4 is 0 Å². The van der Waals surface area contributed by atoms with E-state index in [0.29, 0.717) is 5.95 Å². The van der Waals surface area contributed by atoms with Crippen molar-refractivity contribution in [2.75, 3.05) is 0 Å². The third kappa shape index (κ3) is 4.67. The van der Waals surface area contributed by atoms with Crippen molar-refractivity contribution in [1.29, 1.82) is 0 Å². The lowest BCUT2D eigenvalue weighted by molar-refractivity contribution is 0.669. The summed E-state index contributed by atoms with van der Waals surface area (Å²) in [4.78, 5) is 10.9. The quantitative estimate of drug-likeness (QED) is 0.180. The Labute approximate surface area is 337 Å². The zero-order valence-corrected chi connectivity index (χ0v) is 31.7. The van der Waals surface area contributed by atoms with Crippen LogP contribution in [-0.4, -0.2) is 19.1 Å². The summed E-state index contributed by atoms with van der Waals surface area (Å²) in [7, 11) is 0. The third-order valence-corrected chi connectivity index (χ3v) is 12.1. The molecule has 0 N–H and O–H groups in total. The summed E-state index contributed by atoms with van der Waals surface area (Å²) in [5.41, 5.74) is 12.3. The Hall–Kier alpha value is -8.02. The lowest BCUT2D eigenvalue weighted by atomic mass is 10.0. The minimum absolute atomic E-state index is 0.624. The summed E-state index contributed by atoms with van der Waals surface area (Å²) in [5, 5.41) is 10.2. The number of nitrogens with zero attached hydrogens (tertiary/aromatic N) is 4. The van der Waals surface area contributed by atoms with E-state index in [1.54, 1.807) is 0 Å². The Balaban J connectivity index is 1.18. The monoisotopic (exact) mass is 752 g/mol. The molecule has 4 heterocycles. The zero-order valence-electron chi connectivity index (χ0n) is 31.7. The number of hydrogen-bond donors (Lipinski definition) is 0. The number of para-hydroxylation sites is 3. The van der Waals surface area contributed by atoms with Crippen LogP contribution in [0.25, 0.3) is 121 Å². The van der Waals surface area contributed by atoms with Gasteiger partial charge in [-0.1, -0.05) is 152 Å². The second-order valence-corrected chi connectivity index (χ2v) is 15.3. The van der Waals surface area contributed by atoms with E-state index < -0.39 is 0 Å². The van der Waals surface area contributed by atoms with E-state index in [0.717, 1.165) is 93.4 Å². The molecule has 5 nitrogen and oxygen atoms in total. The molecule has 0 saturated carbocycles. The highest BCUT2D eigenvalue weighted by atomic mass is 16.3. The van der Waals surface area contributed by atoms with Gasteiger partial charge in [-0.25, -0.2) is 9.97 Å². The molecule has 274 valence electrons. The largest absolute Gasteiger partial charge is 0.456 e. The van der Waals surface area contributed by atoms with Crippen molar-refractivity contribution in [2.24, 2.45) is 0 Å². The maximum Gasteiger partial charge on any atom is 0.235 e. The highest BCUT2D eigenvalue weighted by Crippen LogP contribution is 2.46. The summed E-state index contributed by atoms with van der Waals surface area (Å²) in [6.45, 7) is 0. The molecule has 0 fully saturated rings. The molecule has 4 aromatic heterocycles. The molecule has 0 aliphatic rings. The molecule has 5 heteroatoms. The van der Waals surface area contributed by atoms with Crippen molar-refractivity contribution in [1.82, 2.24) is 19.1 Å². The van der Waals surface area contributed by atoms with Crippen molar-refractivity contribution in [3.63, 3.8) is 0 Å². The average Bonchev–Trinajstić information content (AvgIpc) is 3.96. The van der Waals surface area contributed by atoms with Gasteiger partial charge in [0.25, 0.3) is 0 Å². The van der Waals surface area contributed by atoms with E-state index in [2.05, 4.69) is 197 Å². The number of fused-ring (bicyclic) bond motifs is 13. The molecule has 0 aliphatic heterocycles. The van der Waals surface area contributed by atoms with Gasteiger partial charge in [0.15, 0.2) is 0 Å². The maximum absolute atomic E-state index is 6.50. The van der Waals surface area contributed by atoms with E-state index in [1.165, 1.54) is 21.9 Å². The molecule has 0 atom stereocenters. The molecule has 59 heavy (non-hydrogen) atoms. The van der Waals surface area contributed by atoms with Crippen LogP contribution in [0.1, 0.15) is 0 Å². The van der Waals surface area contributed by atoms with Gasteiger partial charge in [0, 0.05) is 49.0 Å². The van der Waals surface area contributed by atoms with E-state index >= 15 is 0 Å². The maximum atomic E-state index is 6.50. The first-order valence-electron chi connectivity index (χ1n) is 20.0. The van der Waals surface area contributed by atoms with E-state index in [1.807, 2.05) is 6.07 Å². The van der Waals surface area contributed by atoms with Crippen LogP contribution in [-0.2, 0) is 0 Å². The lowest BCUT2D eigenvalue weighted by Gasteiger charge is -2.14. The summed E-state index contributed by atoms with van der Waals surface area (Å²) >= 11 is 0. The Morgan fingerprint density at radius 1 is 0.373 bits per heavy atom. The van der Waals surface area contributed by atoms with Crippen LogP contribution in [0.3, 0.4) is 0 Å². The molecule has 0 bridgehead atoms. The van der Waals surface area contributed by atoms with Crippen LogP contribution >= 0.6 is 0 Å². The van der Waals surface area contributed by atoms with Crippen LogP contribution in [0.2, 0.25) is 0 Å². The van der Waals surface area contributed by atoms with Crippen molar-refractivity contribution >= 4 is 87.2 Å². The summed E-state index contributed by atoms with van der Waals surface area (Å²) < 4.78 is 11.2. The summed E-state index contributed by atoms with van der Waals surface area (Å²) in [6.07, 6.45) is 0. The van der Waals surface area contributed by atoms with Crippen LogP contribution in [0.5, 0.6) is 0 Å². The van der Waals surface area contributed by atoms with Gasteiger partial charge in [0.2, 0.25) is 5.95 Å². The summed E-state index contributed by atoms with van der Waals surface area (Å²) in [6, 6.07) is 68.9. The average molecular weight is 753 g/mol. The summed E-state index contributed by atoms with van der Waals surface area (Å²) in [5.74, 6) is 0.624. The van der Waals surface area contributed by atoms with E-state index in [4.69, 9.17) is 14.4 Å². The van der Waals surface area contributed by atoms with Gasteiger partial charge in [-0.05, 0) is 64.4 Å². The molecule has 0 saturated heterocycles. The smallest absolute Gasteiger partial charge is 0.235 e. The minimum Gasteiger partial charge on any atom is -0.456 e. The number of rotatable bonds is 4. The number of aromatic nitrogens is 4. The van der Waals surface area contributed by atoms with Crippen LogP contribution in [0, 0.1) is 0 Å². The Kier molecular flexibility index (Phi) is 6.66. The molecule has 13 aromatic rings. The first-order chi connectivity index (χ1) is 29.3. The molecular formula is C54H32N4O. The third-order valence-electron chi connectivity index (χ3n) is 12.1. The fourth-order valence-corrected chi connectivity index (χ4v) is 9.48. The van der Waals surface area contributed by atoms with Gasteiger partial charge < -0.3 is 8.98 Å². The molecule has 0 radical (unpaired) electrons. The predicted molar refractivity (Wildman–Crippen MR) is 244 cm³/mol. The van der Waals surface area contributed by atoms with E-state index in [9.17, 15) is 0 Å². The molecule has 0 spiro atoms. The standard InChI is InChI=1S/C54H32N4O/c1-2-12-33(13-3-1)35-22-24-36(25-23-35)51-41-17-6-9-19-44(41)55-54(56-51)58-45-20-10-7-16-39(45)40-28-29-43-49-46(30-31-48-50(49)42-18-8-11-21-47(42)59-48)57(53(43)52(40)58)38-27-26-34-14-4-5-15-37(34)32-38/h1-32H. The molecule has 0 unspecified atom stereocenters. The molecule has 0 aliphatic carbocycles. The number of hydrogen-bond acceptors (Lipinski definition) is 3. The number of furan rings is 1. The van der Waals surface area contributed by atoms with Crippen molar-refractivity contribution < 1.29 is 4.42 Å². The van der Waals surface area contributed by atoms with Crippen molar-refractivity contribution in [3.05, 3.63) is 194 Å². The normalized spacial score (nSPS) is 12.1. The second-order valence-electron chi connectivity index (χ2n) is 15.3. The van der Waals surface area contributed by atoms with Gasteiger partial charge in [-0.15, -0.1) is 0 Å². The molecule has 0 amide bonds. The zero-order chi connectivity index (χ0) is 38.6. The fourth-order valence-electron chi connectivity index (χ4n) is 9.48. The van der Waals surface area contributed by atoms with Gasteiger partial charge in [0.05, 0.1) is 33.3 Å². The Morgan fingerprint density at radius 3 is 1.93 bits per heavy atom. The van der Waals surface area contributed by atoms with Crippen LogP contribution in [0.15, 0.2) is 199 Å². The Bertz CT molecular complexity index is 3830. The van der Waals surface area contributed by atoms with E-state index in [-0.39, 0.29) is 0 Å². The highest BCUT2D eigenvalue weighted by Gasteiger charge is 2.25. The predicted octanol–water partition coefficient (Wildman–Crippen LogP) is 14.2. The second kappa shape index (κ2) is 12.2. The first kappa shape index (κ1) is 32.1. The van der Waals surface area contributed by atoms with Gasteiger partial charge in [-0.3, -0.25) is 4.57 Å². The molecule has 13 rings (SSSR count). The van der Waals surface area contributed by atoms with Gasteiger partial charge in [0.1, 0.15) is 11.2 Å². The first-order valence-corrected chi connectivity index (χ1v) is 20.0. The SMILES string of the molecule is c1ccc(-c2ccc(-c3nc(-n4c5ccccc5c5ccc6c7c8c(ccc7n(-c7ccc9ccccc9c7)c6c54)oc4ccccc48)nc4ccccc34)cc2)cc1. The van der Waals surface area contributed by atoms with Crippen molar-refractivity contribution in [3.8, 4) is 34.0 Å².